The molecule has 162 valence electrons. The van der Waals surface area contributed by atoms with Crippen LogP contribution < -0.4 is 10.1 Å². The van der Waals surface area contributed by atoms with Gasteiger partial charge in [-0.1, -0.05) is 31.4 Å². The number of hydrogen-bond donors (Lipinski definition) is 4. The first-order valence-electron chi connectivity index (χ1n) is 10.2. The Hall–Kier alpha value is -2.65. The average Bonchev–Trinajstić information content (AvgIpc) is 3.23. The van der Waals surface area contributed by atoms with Gasteiger partial charge in [0.25, 0.3) is 0 Å². The number of hydrogen-bond acceptors (Lipinski definition) is 7. The summed E-state index contributed by atoms with van der Waals surface area (Å²) < 4.78 is 5.14. The summed E-state index contributed by atoms with van der Waals surface area (Å²) in [6.07, 6.45) is 4.23. The van der Waals surface area contributed by atoms with Crippen molar-refractivity contribution in [3.8, 4) is 11.5 Å². The van der Waals surface area contributed by atoms with E-state index in [2.05, 4.69) is 5.32 Å². The van der Waals surface area contributed by atoms with Gasteiger partial charge >= 0.3 is 5.97 Å². The second-order valence-electron chi connectivity index (χ2n) is 8.30. The Balaban J connectivity index is 1.82. The lowest BCUT2D eigenvalue weighted by atomic mass is 9.79. The fourth-order valence-corrected chi connectivity index (χ4v) is 5.36. The topological polar surface area (TPSA) is 136 Å². The van der Waals surface area contributed by atoms with Gasteiger partial charge in [-0.05, 0) is 18.9 Å². The van der Waals surface area contributed by atoms with Gasteiger partial charge in [0, 0.05) is 17.6 Å². The summed E-state index contributed by atoms with van der Waals surface area (Å²) in [6, 6.07) is 3.50. The molecule has 1 saturated carbocycles. The molecule has 0 aromatic heterocycles. The van der Waals surface area contributed by atoms with Crippen molar-refractivity contribution in [3.05, 3.63) is 23.8 Å². The molecule has 0 spiro atoms. The van der Waals surface area contributed by atoms with Crippen molar-refractivity contribution in [1.29, 1.82) is 0 Å². The maximum absolute atomic E-state index is 13.5. The Morgan fingerprint density at radius 3 is 2.53 bits per heavy atom. The lowest BCUT2D eigenvalue weighted by molar-refractivity contribution is -0.154. The fourth-order valence-electron chi connectivity index (χ4n) is 5.36. The van der Waals surface area contributed by atoms with Crippen molar-refractivity contribution >= 4 is 17.8 Å². The molecule has 1 aromatic carbocycles. The summed E-state index contributed by atoms with van der Waals surface area (Å²) in [5.41, 5.74) is -1.76. The average molecular weight is 418 g/mol. The van der Waals surface area contributed by atoms with Gasteiger partial charge in [-0.15, -0.1) is 0 Å². The molecule has 2 saturated heterocycles. The monoisotopic (exact) mass is 418 g/mol. The first kappa shape index (κ1) is 20.6. The number of aliphatic hydroxyl groups excluding tert-OH is 1. The van der Waals surface area contributed by atoms with Crippen LogP contribution in [0.2, 0.25) is 0 Å². The van der Waals surface area contributed by atoms with Crippen LogP contribution in [-0.2, 0) is 14.4 Å². The third kappa shape index (κ3) is 2.79. The van der Waals surface area contributed by atoms with Crippen LogP contribution in [0.5, 0.6) is 11.5 Å². The number of benzene rings is 1. The number of phenolic OH excluding ortho intramolecular Hbond substituents is 1. The van der Waals surface area contributed by atoms with Gasteiger partial charge in [0.1, 0.15) is 0 Å². The number of ether oxygens (including phenoxy) is 1. The lowest BCUT2D eigenvalue weighted by Crippen LogP contribution is -2.59. The zero-order chi connectivity index (χ0) is 21.6. The SMILES string of the molecule is COc1cccc(C2NC(CO)(C(=O)O)C3C(=O)N(C4CCCCC4)C(=O)C23)c1O. The van der Waals surface area contributed by atoms with Crippen LogP contribution in [0.3, 0.4) is 0 Å². The molecular formula is C21H26N2O7. The van der Waals surface area contributed by atoms with Gasteiger partial charge in [-0.3, -0.25) is 24.6 Å². The van der Waals surface area contributed by atoms with E-state index in [9.17, 15) is 29.7 Å². The zero-order valence-corrected chi connectivity index (χ0v) is 16.7. The van der Waals surface area contributed by atoms with Gasteiger partial charge in [0.05, 0.1) is 25.6 Å². The summed E-state index contributed by atoms with van der Waals surface area (Å²) in [5, 5.41) is 33.5. The Labute approximate surface area is 173 Å². The molecule has 0 bridgehead atoms. The zero-order valence-electron chi connectivity index (χ0n) is 16.7. The number of carboxylic acids is 1. The normalized spacial score (nSPS) is 31.8. The van der Waals surface area contributed by atoms with E-state index in [1.807, 2.05) is 0 Å². The molecule has 3 aliphatic rings. The molecule has 2 amide bonds. The third-order valence-electron chi connectivity index (χ3n) is 6.84. The molecule has 4 atom stereocenters. The number of fused-ring (bicyclic) bond motifs is 1. The molecule has 9 nitrogen and oxygen atoms in total. The summed E-state index contributed by atoms with van der Waals surface area (Å²) in [5.74, 6) is -4.78. The molecule has 4 N–H and O–H groups in total. The Morgan fingerprint density at radius 2 is 1.93 bits per heavy atom. The van der Waals surface area contributed by atoms with Crippen LogP contribution in [0, 0.1) is 11.8 Å². The summed E-state index contributed by atoms with van der Waals surface area (Å²) in [4.78, 5) is 40.3. The van der Waals surface area contributed by atoms with Crippen molar-refractivity contribution in [2.24, 2.45) is 11.8 Å². The highest BCUT2D eigenvalue weighted by atomic mass is 16.5. The predicted octanol–water partition coefficient (Wildman–Crippen LogP) is 0.795. The largest absolute Gasteiger partial charge is 0.504 e. The van der Waals surface area contributed by atoms with Crippen LogP contribution in [-0.4, -0.2) is 63.3 Å². The number of nitrogens with zero attached hydrogens (tertiary/aromatic N) is 1. The van der Waals surface area contributed by atoms with Crippen molar-refractivity contribution in [2.45, 2.75) is 49.7 Å². The van der Waals surface area contributed by atoms with Crippen molar-refractivity contribution < 1.29 is 34.4 Å². The smallest absolute Gasteiger partial charge is 0.327 e. The van der Waals surface area contributed by atoms with E-state index in [4.69, 9.17) is 4.74 Å². The van der Waals surface area contributed by atoms with Gasteiger partial charge in [0.2, 0.25) is 11.8 Å². The number of carbonyl (C=O) groups excluding carboxylic acids is 2. The van der Waals surface area contributed by atoms with Crippen molar-refractivity contribution in [2.75, 3.05) is 13.7 Å². The minimum atomic E-state index is -2.01. The van der Waals surface area contributed by atoms with Crippen molar-refractivity contribution in [1.82, 2.24) is 10.2 Å². The number of likely N-dealkylation sites (tertiary alicyclic amines) is 1. The second-order valence-corrected chi connectivity index (χ2v) is 8.30. The highest BCUT2D eigenvalue weighted by molar-refractivity contribution is 6.09. The molecule has 1 aliphatic carbocycles. The van der Waals surface area contributed by atoms with Gasteiger partial charge in [0.15, 0.2) is 17.0 Å². The van der Waals surface area contributed by atoms with E-state index < -0.39 is 47.8 Å². The fraction of sp³-hybridized carbons (Fsp3) is 0.571. The third-order valence-corrected chi connectivity index (χ3v) is 6.84. The van der Waals surface area contributed by atoms with Crippen LogP contribution in [0.25, 0.3) is 0 Å². The minimum absolute atomic E-state index is 0.170. The van der Waals surface area contributed by atoms with E-state index >= 15 is 0 Å². The molecule has 2 aliphatic heterocycles. The standard InChI is InChI=1S/C21H26N2O7/c1-30-13-9-5-8-12(17(13)25)16-14-15(21(10-24,22-16)20(28)29)19(27)23(18(14)26)11-6-3-2-4-7-11/h5,8-9,11,14-16,22,24-25H,2-4,6-7,10H2,1H3,(H,28,29). The molecule has 4 unspecified atom stereocenters. The lowest BCUT2D eigenvalue weighted by Gasteiger charge is -2.33. The molecule has 30 heavy (non-hydrogen) atoms. The summed E-state index contributed by atoms with van der Waals surface area (Å²) in [6.45, 7) is -0.859. The maximum atomic E-state index is 13.5. The van der Waals surface area contributed by atoms with Crippen LogP contribution in [0.15, 0.2) is 18.2 Å². The summed E-state index contributed by atoms with van der Waals surface area (Å²) in [7, 11) is 1.38. The van der Waals surface area contributed by atoms with E-state index in [0.717, 1.165) is 19.3 Å². The molecule has 0 radical (unpaired) electrons. The number of nitrogens with one attached hydrogen (secondary N) is 1. The molecule has 3 fully saturated rings. The number of carboxylic acid groups (broad SMARTS) is 1. The molecule has 9 heteroatoms. The highest BCUT2D eigenvalue weighted by Crippen LogP contribution is 2.52. The number of amides is 2. The number of imide groups is 1. The minimum Gasteiger partial charge on any atom is -0.504 e. The van der Waals surface area contributed by atoms with Gasteiger partial charge in [-0.2, -0.15) is 0 Å². The second kappa shape index (κ2) is 7.55. The number of aliphatic hydroxyl groups is 1. The number of phenols is 1. The Morgan fingerprint density at radius 1 is 1.23 bits per heavy atom. The number of rotatable bonds is 5. The van der Waals surface area contributed by atoms with Gasteiger partial charge < -0.3 is 20.1 Å². The van der Waals surface area contributed by atoms with Crippen LogP contribution in [0.4, 0.5) is 0 Å². The van der Waals surface area contributed by atoms with E-state index in [1.165, 1.54) is 18.1 Å². The quantitative estimate of drug-likeness (QED) is 0.516. The summed E-state index contributed by atoms with van der Waals surface area (Å²) >= 11 is 0. The van der Waals surface area contributed by atoms with Crippen LogP contribution >= 0.6 is 0 Å². The molecule has 4 rings (SSSR count). The van der Waals surface area contributed by atoms with E-state index in [0.29, 0.717) is 12.8 Å². The van der Waals surface area contributed by atoms with Gasteiger partial charge in [-0.25, -0.2) is 0 Å². The highest BCUT2D eigenvalue weighted by Gasteiger charge is 2.69. The molecular weight excluding hydrogens is 392 g/mol. The number of aromatic hydroxyl groups is 1. The van der Waals surface area contributed by atoms with E-state index in [1.54, 1.807) is 12.1 Å². The Kier molecular flexibility index (Phi) is 5.19. The molecule has 1 aromatic rings. The Bertz CT molecular complexity index is 882. The number of para-hydroxylation sites is 1. The number of aliphatic carboxylic acids is 1. The predicted molar refractivity (Wildman–Crippen MR) is 104 cm³/mol. The van der Waals surface area contributed by atoms with E-state index in [-0.39, 0.29) is 23.1 Å². The molecule has 2 heterocycles. The first-order chi connectivity index (χ1) is 14.4. The van der Waals surface area contributed by atoms with Crippen LogP contribution in [0.1, 0.15) is 43.7 Å². The van der Waals surface area contributed by atoms with Crippen molar-refractivity contribution in [3.63, 3.8) is 0 Å². The maximum Gasteiger partial charge on any atom is 0.327 e. The first-order valence-corrected chi connectivity index (χ1v) is 10.2. The number of carbonyl (C=O) groups is 3. The number of methoxy groups -OCH3 is 1.